The molecule has 1 amide bonds. The van der Waals surface area contributed by atoms with Crippen molar-refractivity contribution in [2.45, 2.75) is 12.5 Å². The van der Waals surface area contributed by atoms with Crippen molar-refractivity contribution in [2.24, 2.45) is 5.73 Å². The van der Waals surface area contributed by atoms with Crippen molar-refractivity contribution in [1.82, 2.24) is 0 Å². The molecule has 0 heterocycles. The van der Waals surface area contributed by atoms with Crippen LogP contribution in [-0.4, -0.2) is 11.0 Å². The van der Waals surface area contributed by atoms with Gasteiger partial charge in [-0.2, -0.15) is 0 Å². The van der Waals surface area contributed by atoms with Gasteiger partial charge in [0.15, 0.2) is 5.75 Å². The number of phenols is 1. The Balaban J connectivity index is 2.02. The highest BCUT2D eigenvalue weighted by atomic mass is 35.5. The maximum atomic E-state index is 12.0. The van der Waals surface area contributed by atoms with Gasteiger partial charge >= 0.3 is 0 Å². The molecule has 0 saturated heterocycles. The Labute approximate surface area is 132 Å². The van der Waals surface area contributed by atoms with Crippen molar-refractivity contribution in [1.29, 1.82) is 0 Å². The maximum absolute atomic E-state index is 12.0. The molecule has 0 spiro atoms. The standard InChI is InChI=1S/C15H14Cl2N2O2/c16-11-6-10(7-12(17)15(11)21)19-14(20)8-13(18)9-4-2-1-3-5-9/h1-7,13,21H,8,18H2,(H,19,20). The number of anilines is 1. The van der Waals surface area contributed by atoms with Gasteiger partial charge in [-0.05, 0) is 17.7 Å². The molecule has 6 heteroatoms. The second-order valence-electron chi connectivity index (χ2n) is 4.56. The number of carbonyl (C=O) groups excluding carboxylic acids is 1. The second kappa shape index (κ2) is 6.80. The third-order valence-electron chi connectivity index (χ3n) is 2.93. The maximum Gasteiger partial charge on any atom is 0.226 e. The lowest BCUT2D eigenvalue weighted by atomic mass is 10.0. The highest BCUT2D eigenvalue weighted by Crippen LogP contribution is 2.34. The zero-order chi connectivity index (χ0) is 15.4. The summed E-state index contributed by atoms with van der Waals surface area (Å²) >= 11 is 11.6. The molecule has 0 radical (unpaired) electrons. The molecular weight excluding hydrogens is 311 g/mol. The van der Waals surface area contributed by atoms with Gasteiger partial charge in [0, 0.05) is 18.2 Å². The van der Waals surface area contributed by atoms with Gasteiger partial charge < -0.3 is 16.2 Å². The summed E-state index contributed by atoms with van der Waals surface area (Å²) in [5.41, 5.74) is 7.27. The molecule has 0 aliphatic heterocycles. The number of halogens is 2. The van der Waals surface area contributed by atoms with Gasteiger partial charge in [-0.25, -0.2) is 0 Å². The Morgan fingerprint density at radius 2 is 1.76 bits per heavy atom. The van der Waals surface area contributed by atoms with Crippen molar-refractivity contribution in [3.05, 3.63) is 58.1 Å². The van der Waals surface area contributed by atoms with Gasteiger partial charge in [-0.1, -0.05) is 53.5 Å². The van der Waals surface area contributed by atoms with E-state index in [0.29, 0.717) is 5.69 Å². The van der Waals surface area contributed by atoms with Crippen LogP contribution in [0.15, 0.2) is 42.5 Å². The molecule has 2 rings (SSSR count). The van der Waals surface area contributed by atoms with E-state index in [0.717, 1.165) is 5.56 Å². The largest absolute Gasteiger partial charge is 0.505 e. The van der Waals surface area contributed by atoms with Crippen molar-refractivity contribution in [3.63, 3.8) is 0 Å². The normalized spacial score (nSPS) is 12.0. The number of hydrogen-bond acceptors (Lipinski definition) is 3. The fourth-order valence-corrected chi connectivity index (χ4v) is 2.35. The molecule has 0 saturated carbocycles. The summed E-state index contributed by atoms with van der Waals surface area (Å²) in [6.45, 7) is 0. The van der Waals surface area contributed by atoms with Crippen molar-refractivity contribution in [2.75, 3.05) is 5.32 Å². The SMILES string of the molecule is NC(CC(=O)Nc1cc(Cl)c(O)c(Cl)c1)c1ccccc1. The van der Waals surface area contributed by atoms with Crippen LogP contribution < -0.4 is 11.1 Å². The minimum atomic E-state index is -0.394. The molecule has 4 N–H and O–H groups in total. The van der Waals surface area contributed by atoms with E-state index in [-0.39, 0.29) is 28.1 Å². The fourth-order valence-electron chi connectivity index (χ4n) is 1.87. The van der Waals surface area contributed by atoms with Crippen LogP contribution in [0.3, 0.4) is 0 Å². The van der Waals surface area contributed by atoms with Crippen molar-refractivity contribution < 1.29 is 9.90 Å². The highest BCUT2D eigenvalue weighted by Gasteiger charge is 2.13. The molecule has 1 atom stereocenters. The minimum absolute atomic E-state index is 0.0742. The van der Waals surface area contributed by atoms with Crippen molar-refractivity contribution >= 4 is 34.8 Å². The molecule has 0 bridgehead atoms. The quantitative estimate of drug-likeness (QED) is 0.750. The number of aromatic hydroxyl groups is 1. The predicted molar refractivity (Wildman–Crippen MR) is 84.7 cm³/mol. The van der Waals surface area contributed by atoms with Gasteiger partial charge in [0.05, 0.1) is 10.0 Å². The summed E-state index contributed by atoms with van der Waals surface area (Å²) in [5, 5.41) is 12.3. The summed E-state index contributed by atoms with van der Waals surface area (Å²) in [5.74, 6) is -0.471. The molecule has 1 unspecified atom stereocenters. The number of amides is 1. The molecule has 0 fully saturated rings. The van der Waals surface area contributed by atoms with E-state index >= 15 is 0 Å². The molecule has 2 aromatic rings. The average molecular weight is 325 g/mol. The zero-order valence-electron chi connectivity index (χ0n) is 11.0. The lowest BCUT2D eigenvalue weighted by Gasteiger charge is -2.12. The van der Waals surface area contributed by atoms with Crippen molar-refractivity contribution in [3.8, 4) is 5.75 Å². The topological polar surface area (TPSA) is 75.4 Å². The zero-order valence-corrected chi connectivity index (χ0v) is 12.5. The lowest BCUT2D eigenvalue weighted by Crippen LogP contribution is -2.20. The molecule has 0 aliphatic carbocycles. The Morgan fingerprint density at radius 1 is 1.19 bits per heavy atom. The van der Waals surface area contributed by atoms with Crippen LogP contribution in [0.2, 0.25) is 10.0 Å². The number of rotatable bonds is 4. The number of hydrogen-bond donors (Lipinski definition) is 3. The first-order valence-electron chi connectivity index (χ1n) is 6.25. The summed E-state index contributed by atoms with van der Waals surface area (Å²) in [6, 6.07) is 11.8. The predicted octanol–water partition coefficient (Wildman–Crippen LogP) is 3.73. The van der Waals surface area contributed by atoms with E-state index in [2.05, 4.69) is 5.32 Å². The molecule has 21 heavy (non-hydrogen) atoms. The van der Waals surface area contributed by atoms with Crippen LogP contribution in [0.5, 0.6) is 5.75 Å². The molecule has 2 aromatic carbocycles. The fraction of sp³-hybridized carbons (Fsp3) is 0.133. The van der Waals surface area contributed by atoms with E-state index < -0.39 is 6.04 Å². The van der Waals surface area contributed by atoms with Crippen LogP contribution in [0, 0.1) is 0 Å². The summed E-state index contributed by atoms with van der Waals surface area (Å²) in [7, 11) is 0. The number of nitrogens with one attached hydrogen (secondary N) is 1. The van der Waals surface area contributed by atoms with Gasteiger partial charge in [0.25, 0.3) is 0 Å². The van der Waals surface area contributed by atoms with Gasteiger partial charge in [-0.15, -0.1) is 0 Å². The van der Waals surface area contributed by atoms with Crippen LogP contribution in [0.1, 0.15) is 18.0 Å². The van der Waals surface area contributed by atoms with Crippen LogP contribution in [0.4, 0.5) is 5.69 Å². The molecular formula is C15H14Cl2N2O2. The first-order valence-corrected chi connectivity index (χ1v) is 7.01. The summed E-state index contributed by atoms with van der Waals surface area (Å²) < 4.78 is 0. The van der Waals surface area contributed by atoms with E-state index in [1.165, 1.54) is 12.1 Å². The minimum Gasteiger partial charge on any atom is -0.505 e. The summed E-state index contributed by atoms with van der Waals surface area (Å²) in [4.78, 5) is 12.0. The molecule has 110 valence electrons. The first kappa shape index (κ1) is 15.6. The highest BCUT2D eigenvalue weighted by molar-refractivity contribution is 6.37. The molecule has 4 nitrogen and oxygen atoms in total. The van der Waals surface area contributed by atoms with Gasteiger partial charge in [-0.3, -0.25) is 4.79 Å². The second-order valence-corrected chi connectivity index (χ2v) is 5.37. The van der Waals surface area contributed by atoms with E-state index in [1.54, 1.807) is 0 Å². The van der Waals surface area contributed by atoms with Gasteiger partial charge in [0.1, 0.15) is 0 Å². The lowest BCUT2D eigenvalue weighted by molar-refractivity contribution is -0.116. The van der Waals surface area contributed by atoms with E-state index in [4.69, 9.17) is 28.9 Å². The van der Waals surface area contributed by atoms with E-state index in [9.17, 15) is 9.90 Å². The third kappa shape index (κ3) is 4.11. The number of phenolic OH excluding ortho intramolecular Hbond substituents is 1. The van der Waals surface area contributed by atoms with E-state index in [1.807, 2.05) is 30.3 Å². The third-order valence-corrected chi connectivity index (χ3v) is 3.51. The monoisotopic (exact) mass is 324 g/mol. The Kier molecular flexibility index (Phi) is 5.07. The molecule has 0 aliphatic rings. The number of carbonyl (C=O) groups is 1. The molecule has 0 aromatic heterocycles. The van der Waals surface area contributed by atoms with Crippen LogP contribution >= 0.6 is 23.2 Å². The Bertz CT molecular complexity index is 624. The Hall–Kier alpha value is -1.75. The number of benzene rings is 2. The smallest absolute Gasteiger partial charge is 0.226 e. The Morgan fingerprint density at radius 3 is 2.33 bits per heavy atom. The van der Waals surface area contributed by atoms with Crippen LogP contribution in [0.25, 0.3) is 0 Å². The first-order chi connectivity index (χ1) is 9.97. The van der Waals surface area contributed by atoms with Crippen LogP contribution in [-0.2, 0) is 4.79 Å². The van der Waals surface area contributed by atoms with Gasteiger partial charge in [0.2, 0.25) is 5.91 Å². The number of nitrogens with two attached hydrogens (primary N) is 1. The summed E-state index contributed by atoms with van der Waals surface area (Å²) in [6.07, 6.45) is 0.125. The average Bonchev–Trinajstić information content (AvgIpc) is 2.45.